The number of aromatic nitrogens is 1. The van der Waals surface area contributed by atoms with Crippen LogP contribution in [0.2, 0.25) is 0 Å². The SMILES string of the molecule is c1ccc2c(c1)c1cccc(OC3CCCCO3)c1n2C1CCCCO1. The van der Waals surface area contributed by atoms with E-state index in [-0.39, 0.29) is 12.5 Å². The topological polar surface area (TPSA) is 32.6 Å². The van der Waals surface area contributed by atoms with Crippen LogP contribution in [0.25, 0.3) is 21.8 Å². The molecule has 2 saturated heterocycles. The zero-order valence-electron chi connectivity index (χ0n) is 15.0. The van der Waals surface area contributed by atoms with Crippen LogP contribution in [-0.2, 0) is 9.47 Å². The summed E-state index contributed by atoms with van der Waals surface area (Å²) in [5.41, 5.74) is 2.35. The van der Waals surface area contributed by atoms with Gasteiger partial charge in [0.05, 0.1) is 17.6 Å². The highest BCUT2D eigenvalue weighted by molar-refractivity contribution is 6.10. The van der Waals surface area contributed by atoms with Crippen LogP contribution in [0.5, 0.6) is 5.75 Å². The third kappa shape index (κ3) is 2.78. The van der Waals surface area contributed by atoms with Gasteiger partial charge in [-0.15, -0.1) is 0 Å². The number of ether oxygens (including phenoxy) is 3. The molecule has 2 aromatic carbocycles. The maximum absolute atomic E-state index is 6.33. The summed E-state index contributed by atoms with van der Waals surface area (Å²) in [7, 11) is 0. The smallest absolute Gasteiger partial charge is 0.199 e. The van der Waals surface area contributed by atoms with E-state index in [1.54, 1.807) is 0 Å². The van der Waals surface area contributed by atoms with Crippen LogP contribution in [0, 0.1) is 0 Å². The van der Waals surface area contributed by atoms with E-state index in [2.05, 4.69) is 47.0 Å². The highest BCUT2D eigenvalue weighted by atomic mass is 16.7. The summed E-state index contributed by atoms with van der Waals surface area (Å²) in [6.45, 7) is 1.61. The summed E-state index contributed by atoms with van der Waals surface area (Å²) in [5, 5.41) is 2.48. The molecule has 0 N–H and O–H groups in total. The first kappa shape index (κ1) is 16.2. The van der Waals surface area contributed by atoms with Crippen LogP contribution < -0.4 is 4.74 Å². The third-order valence-corrected chi connectivity index (χ3v) is 5.53. The lowest BCUT2D eigenvalue weighted by molar-refractivity contribution is -0.105. The molecular formula is C22H25NO3. The van der Waals surface area contributed by atoms with Gasteiger partial charge in [-0.25, -0.2) is 0 Å². The lowest BCUT2D eigenvalue weighted by Crippen LogP contribution is -2.25. The maximum atomic E-state index is 6.33. The summed E-state index contributed by atoms with van der Waals surface area (Å²) in [6.07, 6.45) is 6.56. The van der Waals surface area contributed by atoms with Gasteiger partial charge in [0.25, 0.3) is 0 Å². The van der Waals surface area contributed by atoms with Crippen molar-refractivity contribution in [2.45, 2.75) is 51.0 Å². The number of nitrogens with zero attached hydrogens (tertiary/aromatic N) is 1. The van der Waals surface area contributed by atoms with Crippen LogP contribution in [0.15, 0.2) is 42.5 Å². The predicted octanol–water partition coefficient (Wildman–Crippen LogP) is 5.40. The Morgan fingerprint density at radius 2 is 1.62 bits per heavy atom. The van der Waals surface area contributed by atoms with E-state index < -0.39 is 0 Å². The Balaban J connectivity index is 1.68. The molecule has 0 amide bonds. The minimum absolute atomic E-state index is 0.0724. The fourth-order valence-electron chi connectivity index (χ4n) is 4.29. The van der Waals surface area contributed by atoms with Gasteiger partial charge in [0, 0.05) is 23.8 Å². The predicted molar refractivity (Wildman–Crippen MR) is 103 cm³/mol. The molecule has 2 aliphatic rings. The molecule has 0 aliphatic carbocycles. The molecule has 4 heteroatoms. The van der Waals surface area contributed by atoms with E-state index in [9.17, 15) is 0 Å². The molecule has 0 radical (unpaired) electrons. The van der Waals surface area contributed by atoms with Crippen LogP contribution in [0.3, 0.4) is 0 Å². The van der Waals surface area contributed by atoms with Gasteiger partial charge in [0.2, 0.25) is 0 Å². The van der Waals surface area contributed by atoms with Crippen LogP contribution in [0.4, 0.5) is 0 Å². The highest BCUT2D eigenvalue weighted by Gasteiger charge is 2.24. The fraction of sp³-hybridized carbons (Fsp3) is 0.455. The van der Waals surface area contributed by atoms with Gasteiger partial charge in [-0.2, -0.15) is 0 Å². The number of rotatable bonds is 3. The average molecular weight is 351 g/mol. The number of benzene rings is 2. The molecule has 3 aromatic rings. The van der Waals surface area contributed by atoms with Gasteiger partial charge < -0.3 is 18.8 Å². The lowest BCUT2D eigenvalue weighted by Gasteiger charge is -2.27. The van der Waals surface area contributed by atoms with Gasteiger partial charge in [-0.1, -0.05) is 30.3 Å². The van der Waals surface area contributed by atoms with Crippen LogP contribution in [0.1, 0.15) is 44.8 Å². The molecular weight excluding hydrogens is 326 g/mol. The van der Waals surface area contributed by atoms with Gasteiger partial charge in [0.1, 0.15) is 12.0 Å². The Morgan fingerprint density at radius 3 is 2.42 bits per heavy atom. The molecule has 3 heterocycles. The second-order valence-electron chi connectivity index (χ2n) is 7.27. The molecule has 26 heavy (non-hydrogen) atoms. The van der Waals surface area contributed by atoms with Gasteiger partial charge in [-0.3, -0.25) is 0 Å². The van der Waals surface area contributed by atoms with Crippen molar-refractivity contribution in [2.24, 2.45) is 0 Å². The van der Waals surface area contributed by atoms with Crippen molar-refractivity contribution in [1.82, 2.24) is 4.57 Å². The Morgan fingerprint density at radius 1 is 0.808 bits per heavy atom. The fourth-order valence-corrected chi connectivity index (χ4v) is 4.29. The lowest BCUT2D eigenvalue weighted by atomic mass is 10.1. The minimum atomic E-state index is -0.145. The Hall–Kier alpha value is -2.04. The van der Waals surface area contributed by atoms with Gasteiger partial charge in [-0.05, 0) is 44.2 Å². The standard InChI is InChI=1S/C22H25NO3/c1-2-10-18-16(8-1)17-9-7-11-19(26-21-13-4-6-15-25-21)22(17)23(18)20-12-3-5-14-24-20/h1-2,7-11,20-21H,3-6,12-15H2. The van der Waals surface area contributed by atoms with Crippen LogP contribution in [-0.4, -0.2) is 24.1 Å². The summed E-state index contributed by atoms with van der Waals surface area (Å²) < 4.78 is 20.7. The highest BCUT2D eigenvalue weighted by Crippen LogP contribution is 2.40. The van der Waals surface area contributed by atoms with Crippen molar-refractivity contribution in [1.29, 1.82) is 0 Å². The van der Waals surface area contributed by atoms with Crippen molar-refractivity contribution >= 4 is 21.8 Å². The van der Waals surface area contributed by atoms with E-state index in [1.807, 2.05) is 0 Å². The van der Waals surface area contributed by atoms with Crippen molar-refractivity contribution < 1.29 is 14.2 Å². The van der Waals surface area contributed by atoms with Crippen molar-refractivity contribution in [3.05, 3.63) is 42.5 Å². The number of hydrogen-bond donors (Lipinski definition) is 0. The molecule has 136 valence electrons. The zero-order valence-corrected chi connectivity index (χ0v) is 15.0. The first-order valence-corrected chi connectivity index (χ1v) is 9.83. The van der Waals surface area contributed by atoms with Crippen molar-refractivity contribution in [2.75, 3.05) is 13.2 Å². The van der Waals surface area contributed by atoms with Gasteiger partial charge >= 0.3 is 0 Å². The normalized spacial score (nSPS) is 24.2. The van der Waals surface area contributed by atoms with Crippen molar-refractivity contribution in [3.8, 4) is 5.75 Å². The van der Waals surface area contributed by atoms with Crippen LogP contribution >= 0.6 is 0 Å². The Bertz CT molecular complexity index is 904. The quantitative estimate of drug-likeness (QED) is 0.633. The molecule has 2 fully saturated rings. The molecule has 0 saturated carbocycles. The number of fused-ring (bicyclic) bond motifs is 3. The maximum Gasteiger partial charge on any atom is 0.199 e. The monoisotopic (exact) mass is 351 g/mol. The molecule has 2 aliphatic heterocycles. The minimum Gasteiger partial charge on any atom is -0.463 e. The third-order valence-electron chi connectivity index (χ3n) is 5.53. The first-order valence-electron chi connectivity index (χ1n) is 9.83. The summed E-state index contributed by atoms with van der Waals surface area (Å²) in [6, 6.07) is 14.9. The van der Waals surface area contributed by atoms with E-state index in [0.29, 0.717) is 0 Å². The molecule has 1 aromatic heterocycles. The molecule has 0 spiro atoms. The number of hydrogen-bond acceptors (Lipinski definition) is 3. The molecule has 2 atom stereocenters. The second-order valence-corrected chi connectivity index (χ2v) is 7.27. The second kappa shape index (κ2) is 6.93. The molecule has 4 nitrogen and oxygen atoms in total. The Kier molecular flexibility index (Phi) is 4.31. The molecule has 2 unspecified atom stereocenters. The summed E-state index contributed by atoms with van der Waals surface area (Å²) in [4.78, 5) is 0. The summed E-state index contributed by atoms with van der Waals surface area (Å²) in [5.74, 6) is 0.903. The Labute approximate surface area is 153 Å². The zero-order chi connectivity index (χ0) is 17.3. The van der Waals surface area contributed by atoms with E-state index >= 15 is 0 Å². The van der Waals surface area contributed by atoms with E-state index in [0.717, 1.165) is 56.6 Å². The largest absolute Gasteiger partial charge is 0.463 e. The first-order chi connectivity index (χ1) is 12.9. The van der Waals surface area contributed by atoms with E-state index in [4.69, 9.17) is 14.2 Å². The van der Waals surface area contributed by atoms with E-state index in [1.165, 1.54) is 22.7 Å². The van der Waals surface area contributed by atoms with Crippen molar-refractivity contribution in [3.63, 3.8) is 0 Å². The van der Waals surface area contributed by atoms with Gasteiger partial charge in [0.15, 0.2) is 6.29 Å². The molecule has 0 bridgehead atoms. The molecule has 5 rings (SSSR count). The average Bonchev–Trinajstić information content (AvgIpc) is 3.05. The summed E-state index contributed by atoms with van der Waals surface area (Å²) >= 11 is 0. The number of para-hydroxylation sites is 2.